The maximum Gasteiger partial charge on any atom is 0.251 e. The van der Waals surface area contributed by atoms with Crippen LogP contribution in [0.25, 0.3) is 0 Å². The quantitative estimate of drug-likeness (QED) is 0.842. The Morgan fingerprint density at radius 1 is 1.14 bits per heavy atom. The number of piperazine rings is 1. The van der Waals surface area contributed by atoms with Gasteiger partial charge in [-0.1, -0.05) is 12.1 Å². The van der Waals surface area contributed by atoms with E-state index in [4.69, 9.17) is 0 Å². The maximum atomic E-state index is 13.1. The smallest absolute Gasteiger partial charge is 0.251 e. The van der Waals surface area contributed by atoms with Crippen molar-refractivity contribution in [1.29, 1.82) is 0 Å². The van der Waals surface area contributed by atoms with Gasteiger partial charge in [0.2, 0.25) is 0 Å². The fourth-order valence-electron chi connectivity index (χ4n) is 2.97. The summed E-state index contributed by atoms with van der Waals surface area (Å²) in [4.78, 5) is 4.10. The number of hydrogen-bond acceptors (Lipinski definition) is 2. The number of alkyl halides is 2. The van der Waals surface area contributed by atoms with Crippen LogP contribution in [0, 0.1) is 5.82 Å². The third-order valence-electron chi connectivity index (χ3n) is 3.98. The van der Waals surface area contributed by atoms with Crippen LogP contribution in [0.4, 0.5) is 13.2 Å². The Balaban J connectivity index is 2.22. The van der Waals surface area contributed by atoms with Crippen molar-refractivity contribution in [2.45, 2.75) is 38.8 Å². The second kappa shape index (κ2) is 6.36. The summed E-state index contributed by atoms with van der Waals surface area (Å²) in [6.45, 7) is 8.07. The summed E-state index contributed by atoms with van der Waals surface area (Å²) in [5.41, 5.74) is 0.918. The molecule has 0 amide bonds. The summed E-state index contributed by atoms with van der Waals surface area (Å²) in [5, 5.41) is 0. The average molecular weight is 300 g/mol. The highest BCUT2D eigenvalue weighted by atomic mass is 19.3. The van der Waals surface area contributed by atoms with Crippen molar-refractivity contribution >= 4 is 0 Å². The van der Waals surface area contributed by atoms with E-state index in [0.29, 0.717) is 13.1 Å². The molecule has 118 valence electrons. The molecule has 1 aromatic rings. The van der Waals surface area contributed by atoms with Crippen LogP contribution in [0.1, 0.15) is 32.4 Å². The average Bonchev–Trinajstić information content (AvgIpc) is 2.37. The molecule has 2 rings (SSSR count). The molecule has 1 fully saturated rings. The molecule has 1 aliphatic rings. The summed E-state index contributed by atoms with van der Waals surface area (Å²) in [7, 11) is 0. The summed E-state index contributed by atoms with van der Waals surface area (Å²) >= 11 is 0. The molecular formula is C16H23F3N2. The van der Waals surface area contributed by atoms with Crippen LogP contribution >= 0.6 is 0 Å². The standard InChI is InChI=1S/C16H23F3N2/c1-16(2,3)21-9-8-20(11-15(18)19)10-14(21)12-4-6-13(17)7-5-12/h4-7,14-15H,8-11H2,1-3H3/t14-/m0/s1. The number of rotatable bonds is 3. The van der Waals surface area contributed by atoms with Crippen molar-refractivity contribution < 1.29 is 13.2 Å². The first-order chi connectivity index (χ1) is 9.77. The molecule has 2 nitrogen and oxygen atoms in total. The predicted molar refractivity (Wildman–Crippen MR) is 78.0 cm³/mol. The third kappa shape index (κ3) is 4.20. The molecule has 0 aliphatic carbocycles. The van der Waals surface area contributed by atoms with Gasteiger partial charge in [0.05, 0.1) is 6.54 Å². The fraction of sp³-hybridized carbons (Fsp3) is 0.625. The van der Waals surface area contributed by atoms with Crippen LogP contribution in [0.5, 0.6) is 0 Å². The molecule has 1 saturated heterocycles. The van der Waals surface area contributed by atoms with Crippen LogP contribution in [-0.2, 0) is 0 Å². The molecule has 0 aromatic heterocycles. The number of halogens is 3. The molecule has 0 unspecified atom stereocenters. The lowest BCUT2D eigenvalue weighted by molar-refractivity contribution is -0.0120. The molecule has 0 bridgehead atoms. The molecule has 0 spiro atoms. The van der Waals surface area contributed by atoms with Gasteiger partial charge in [-0.2, -0.15) is 0 Å². The second-order valence-corrected chi connectivity index (χ2v) is 6.58. The van der Waals surface area contributed by atoms with Crippen LogP contribution in [0.15, 0.2) is 24.3 Å². The van der Waals surface area contributed by atoms with Gasteiger partial charge in [-0.15, -0.1) is 0 Å². The van der Waals surface area contributed by atoms with Gasteiger partial charge in [0.15, 0.2) is 0 Å². The van der Waals surface area contributed by atoms with Gasteiger partial charge in [-0.25, -0.2) is 13.2 Å². The second-order valence-electron chi connectivity index (χ2n) is 6.58. The lowest BCUT2D eigenvalue weighted by Gasteiger charge is -2.48. The third-order valence-corrected chi connectivity index (χ3v) is 3.98. The number of hydrogen-bond donors (Lipinski definition) is 0. The van der Waals surface area contributed by atoms with E-state index in [1.165, 1.54) is 12.1 Å². The zero-order valence-corrected chi connectivity index (χ0v) is 12.8. The van der Waals surface area contributed by atoms with Gasteiger partial charge in [0, 0.05) is 31.2 Å². The molecule has 1 aliphatic heterocycles. The lowest BCUT2D eigenvalue weighted by Crippen LogP contribution is -2.55. The van der Waals surface area contributed by atoms with Crippen molar-refractivity contribution in [2.24, 2.45) is 0 Å². The Labute approximate surface area is 124 Å². The van der Waals surface area contributed by atoms with E-state index in [1.807, 2.05) is 0 Å². The molecule has 1 atom stereocenters. The predicted octanol–water partition coefficient (Wildman–Crippen LogP) is 3.55. The molecular weight excluding hydrogens is 277 g/mol. The van der Waals surface area contributed by atoms with Crippen LogP contribution in [0.3, 0.4) is 0 Å². The van der Waals surface area contributed by atoms with Crippen molar-refractivity contribution in [3.05, 3.63) is 35.6 Å². The Bertz CT molecular complexity index is 454. The number of nitrogens with zero attached hydrogens (tertiary/aromatic N) is 2. The normalized spacial score (nSPS) is 22.0. The first-order valence-electron chi connectivity index (χ1n) is 7.30. The first-order valence-corrected chi connectivity index (χ1v) is 7.30. The van der Waals surface area contributed by atoms with Crippen LogP contribution in [0.2, 0.25) is 0 Å². The molecule has 5 heteroatoms. The molecule has 0 N–H and O–H groups in total. The van der Waals surface area contributed by atoms with Crippen molar-refractivity contribution in [2.75, 3.05) is 26.2 Å². The number of benzene rings is 1. The van der Waals surface area contributed by atoms with Gasteiger partial charge >= 0.3 is 0 Å². The molecule has 1 heterocycles. The van der Waals surface area contributed by atoms with Gasteiger partial charge in [0.25, 0.3) is 6.43 Å². The zero-order chi connectivity index (χ0) is 15.6. The molecule has 21 heavy (non-hydrogen) atoms. The highest BCUT2D eigenvalue weighted by Crippen LogP contribution is 2.32. The van der Waals surface area contributed by atoms with Crippen LogP contribution in [-0.4, -0.2) is 47.9 Å². The Kier molecular flexibility index (Phi) is 4.94. The zero-order valence-electron chi connectivity index (χ0n) is 12.8. The van der Waals surface area contributed by atoms with E-state index in [0.717, 1.165) is 12.1 Å². The Morgan fingerprint density at radius 2 is 1.76 bits per heavy atom. The summed E-state index contributed by atoms with van der Waals surface area (Å²) < 4.78 is 38.4. The van der Waals surface area contributed by atoms with Gasteiger partial charge < -0.3 is 0 Å². The van der Waals surface area contributed by atoms with Crippen molar-refractivity contribution in [1.82, 2.24) is 9.80 Å². The van der Waals surface area contributed by atoms with E-state index in [-0.39, 0.29) is 23.9 Å². The molecule has 1 aromatic carbocycles. The highest BCUT2D eigenvalue weighted by Gasteiger charge is 2.35. The maximum absolute atomic E-state index is 13.1. The van der Waals surface area contributed by atoms with E-state index in [9.17, 15) is 13.2 Å². The minimum absolute atomic E-state index is 0.0121. The van der Waals surface area contributed by atoms with E-state index < -0.39 is 6.43 Å². The van der Waals surface area contributed by atoms with Crippen molar-refractivity contribution in [3.8, 4) is 0 Å². The van der Waals surface area contributed by atoms with E-state index in [1.54, 1.807) is 17.0 Å². The molecule has 0 radical (unpaired) electrons. The van der Waals surface area contributed by atoms with Gasteiger partial charge in [0.1, 0.15) is 5.82 Å². The minimum atomic E-state index is -2.32. The summed E-state index contributed by atoms with van der Waals surface area (Å²) in [6.07, 6.45) is -2.32. The van der Waals surface area contributed by atoms with E-state index >= 15 is 0 Å². The van der Waals surface area contributed by atoms with Gasteiger partial charge in [-0.05, 0) is 38.5 Å². The first kappa shape index (κ1) is 16.3. The largest absolute Gasteiger partial charge is 0.295 e. The molecule has 0 saturated carbocycles. The van der Waals surface area contributed by atoms with Gasteiger partial charge in [-0.3, -0.25) is 9.80 Å². The fourth-order valence-corrected chi connectivity index (χ4v) is 2.97. The Hall–Kier alpha value is -1.07. The Morgan fingerprint density at radius 3 is 2.29 bits per heavy atom. The monoisotopic (exact) mass is 300 g/mol. The minimum Gasteiger partial charge on any atom is -0.295 e. The topological polar surface area (TPSA) is 6.48 Å². The SMILES string of the molecule is CC(C)(C)N1CCN(CC(F)F)C[C@H]1c1ccc(F)cc1. The van der Waals surface area contributed by atoms with Crippen molar-refractivity contribution in [3.63, 3.8) is 0 Å². The van der Waals surface area contributed by atoms with Crippen LogP contribution < -0.4 is 0 Å². The highest BCUT2D eigenvalue weighted by molar-refractivity contribution is 5.21. The lowest BCUT2D eigenvalue weighted by atomic mass is 9.95. The summed E-state index contributed by atoms with van der Waals surface area (Å²) in [5.74, 6) is -0.277. The van der Waals surface area contributed by atoms with E-state index in [2.05, 4.69) is 25.7 Å². The summed E-state index contributed by atoms with van der Waals surface area (Å²) in [6, 6.07) is 6.39.